The van der Waals surface area contributed by atoms with Crippen LogP contribution in [0.1, 0.15) is 5.76 Å². The van der Waals surface area contributed by atoms with Gasteiger partial charge in [0.2, 0.25) is 11.1 Å². The molecular weight excluding hydrogens is 400 g/mol. The Hall–Kier alpha value is -2.52. The van der Waals surface area contributed by atoms with E-state index in [1.54, 1.807) is 10.9 Å². The van der Waals surface area contributed by atoms with Gasteiger partial charge in [-0.25, -0.2) is 4.68 Å². The van der Waals surface area contributed by atoms with Crippen LogP contribution in [-0.4, -0.2) is 62.9 Å². The fraction of sp³-hybridized carbons (Fsp3) is 0.333. The van der Waals surface area contributed by atoms with Crippen LogP contribution in [0.25, 0.3) is 0 Å². The standard InChI is InChI=1S/C18H19ClN6O2S/c19-14-3-1-4-15(11-14)23-6-8-24(9-7-23)17(26)13-28-18-20-21-22-25(18)12-16-5-2-10-27-16/h1-5,10-11H,6-9,12-13H2. The summed E-state index contributed by atoms with van der Waals surface area (Å²) in [5.74, 6) is 1.15. The lowest BCUT2D eigenvalue weighted by atomic mass is 10.2. The molecule has 28 heavy (non-hydrogen) atoms. The number of hydrogen-bond acceptors (Lipinski definition) is 7. The quantitative estimate of drug-likeness (QED) is 0.568. The van der Waals surface area contributed by atoms with Gasteiger partial charge in [-0.1, -0.05) is 29.4 Å². The van der Waals surface area contributed by atoms with Crippen LogP contribution in [0.15, 0.2) is 52.2 Å². The normalized spacial score (nSPS) is 14.5. The molecule has 0 bridgehead atoms. The summed E-state index contributed by atoms with van der Waals surface area (Å²) < 4.78 is 6.96. The van der Waals surface area contributed by atoms with Gasteiger partial charge in [0.25, 0.3) is 0 Å². The molecule has 10 heteroatoms. The predicted octanol–water partition coefficient (Wildman–Crippen LogP) is 2.41. The summed E-state index contributed by atoms with van der Waals surface area (Å²) in [7, 11) is 0. The molecule has 1 saturated heterocycles. The maximum absolute atomic E-state index is 12.6. The molecule has 2 aromatic heterocycles. The zero-order valence-electron chi connectivity index (χ0n) is 15.1. The molecule has 0 radical (unpaired) electrons. The van der Waals surface area contributed by atoms with Gasteiger partial charge in [0, 0.05) is 36.9 Å². The SMILES string of the molecule is O=C(CSc1nnnn1Cc1ccco1)N1CCN(c2cccc(Cl)c2)CC1. The lowest BCUT2D eigenvalue weighted by Gasteiger charge is -2.36. The molecule has 0 saturated carbocycles. The van der Waals surface area contributed by atoms with Crippen molar-refractivity contribution in [2.45, 2.75) is 11.7 Å². The fourth-order valence-corrected chi connectivity index (χ4v) is 4.02. The molecule has 1 fully saturated rings. The van der Waals surface area contributed by atoms with Crippen LogP contribution in [0.2, 0.25) is 5.02 Å². The summed E-state index contributed by atoms with van der Waals surface area (Å²) in [6.07, 6.45) is 1.61. The van der Waals surface area contributed by atoms with Crippen molar-refractivity contribution in [1.29, 1.82) is 0 Å². The van der Waals surface area contributed by atoms with Crippen LogP contribution in [0.3, 0.4) is 0 Å². The second kappa shape index (κ2) is 8.66. The summed E-state index contributed by atoms with van der Waals surface area (Å²) in [6.45, 7) is 3.38. The molecule has 0 atom stereocenters. The Labute approximate surface area is 171 Å². The lowest BCUT2D eigenvalue weighted by molar-refractivity contribution is -0.128. The Bertz CT molecular complexity index is 924. The number of piperazine rings is 1. The largest absolute Gasteiger partial charge is 0.467 e. The van der Waals surface area contributed by atoms with Crippen molar-refractivity contribution >= 4 is 35.0 Å². The van der Waals surface area contributed by atoms with Gasteiger partial charge in [0.05, 0.1) is 12.0 Å². The van der Waals surface area contributed by atoms with E-state index in [0.29, 0.717) is 30.5 Å². The van der Waals surface area contributed by atoms with E-state index in [2.05, 4.69) is 20.4 Å². The van der Waals surface area contributed by atoms with Crippen LogP contribution >= 0.6 is 23.4 Å². The van der Waals surface area contributed by atoms with Gasteiger partial charge in [-0.2, -0.15) is 0 Å². The van der Waals surface area contributed by atoms with Gasteiger partial charge >= 0.3 is 0 Å². The number of hydrogen-bond donors (Lipinski definition) is 0. The Kier molecular flexibility index (Phi) is 5.82. The molecule has 8 nitrogen and oxygen atoms in total. The minimum absolute atomic E-state index is 0.0864. The van der Waals surface area contributed by atoms with Crippen molar-refractivity contribution in [3.8, 4) is 0 Å². The highest BCUT2D eigenvalue weighted by molar-refractivity contribution is 7.99. The van der Waals surface area contributed by atoms with E-state index in [1.165, 1.54) is 11.8 Å². The maximum atomic E-state index is 12.6. The number of furan rings is 1. The Morgan fingerprint density at radius 1 is 1.18 bits per heavy atom. The third-order valence-corrected chi connectivity index (χ3v) is 5.69. The first-order valence-corrected chi connectivity index (χ1v) is 10.2. The van der Waals surface area contributed by atoms with Crippen molar-refractivity contribution in [2.24, 2.45) is 0 Å². The van der Waals surface area contributed by atoms with E-state index >= 15 is 0 Å². The van der Waals surface area contributed by atoms with Crippen LogP contribution in [-0.2, 0) is 11.3 Å². The molecule has 0 spiro atoms. The van der Waals surface area contributed by atoms with Crippen LogP contribution in [0, 0.1) is 0 Å². The molecule has 146 valence electrons. The molecule has 3 aromatic rings. The van der Waals surface area contributed by atoms with E-state index in [9.17, 15) is 4.79 Å². The van der Waals surface area contributed by atoms with Gasteiger partial charge in [-0.15, -0.1) is 5.10 Å². The molecule has 0 aliphatic carbocycles. The van der Waals surface area contributed by atoms with E-state index in [0.717, 1.165) is 29.6 Å². The van der Waals surface area contributed by atoms with Crippen LogP contribution in [0.5, 0.6) is 0 Å². The molecule has 3 heterocycles. The summed E-state index contributed by atoms with van der Waals surface area (Å²) >= 11 is 7.41. The minimum atomic E-state index is 0.0864. The Morgan fingerprint density at radius 3 is 2.79 bits per heavy atom. The summed E-state index contributed by atoms with van der Waals surface area (Å²) in [4.78, 5) is 16.7. The number of anilines is 1. The highest BCUT2D eigenvalue weighted by Gasteiger charge is 2.22. The number of carbonyl (C=O) groups is 1. The highest BCUT2D eigenvalue weighted by Crippen LogP contribution is 2.21. The van der Waals surface area contributed by atoms with E-state index in [-0.39, 0.29) is 5.91 Å². The first kappa shape index (κ1) is 18.8. The van der Waals surface area contributed by atoms with E-state index in [1.807, 2.05) is 41.3 Å². The molecule has 1 aromatic carbocycles. The number of nitrogens with zero attached hydrogens (tertiary/aromatic N) is 6. The number of rotatable bonds is 6. The molecule has 1 amide bonds. The number of halogens is 1. The van der Waals surface area contributed by atoms with Crippen molar-refractivity contribution in [1.82, 2.24) is 25.1 Å². The average Bonchev–Trinajstić information content (AvgIpc) is 3.39. The summed E-state index contributed by atoms with van der Waals surface area (Å²) in [5.41, 5.74) is 1.09. The smallest absolute Gasteiger partial charge is 0.233 e. The van der Waals surface area contributed by atoms with E-state index in [4.69, 9.17) is 16.0 Å². The third kappa shape index (κ3) is 4.48. The summed E-state index contributed by atoms with van der Waals surface area (Å²) in [6, 6.07) is 11.5. The number of benzene rings is 1. The van der Waals surface area contributed by atoms with Crippen molar-refractivity contribution in [3.05, 3.63) is 53.4 Å². The number of carbonyl (C=O) groups excluding carboxylic acids is 1. The van der Waals surface area contributed by atoms with Crippen molar-refractivity contribution < 1.29 is 9.21 Å². The number of aromatic nitrogens is 4. The first-order chi connectivity index (χ1) is 13.7. The zero-order chi connectivity index (χ0) is 19.3. The monoisotopic (exact) mass is 418 g/mol. The average molecular weight is 419 g/mol. The highest BCUT2D eigenvalue weighted by atomic mass is 35.5. The Morgan fingerprint density at radius 2 is 2.04 bits per heavy atom. The number of amides is 1. The van der Waals surface area contributed by atoms with Gasteiger partial charge in [0.15, 0.2) is 0 Å². The lowest BCUT2D eigenvalue weighted by Crippen LogP contribution is -2.49. The molecule has 0 N–H and O–H groups in total. The van der Waals surface area contributed by atoms with Gasteiger partial charge in [-0.05, 0) is 40.8 Å². The fourth-order valence-electron chi connectivity index (χ4n) is 3.05. The van der Waals surface area contributed by atoms with Crippen molar-refractivity contribution in [3.63, 3.8) is 0 Å². The number of thioether (sulfide) groups is 1. The van der Waals surface area contributed by atoms with Crippen molar-refractivity contribution in [2.75, 3.05) is 36.8 Å². The van der Waals surface area contributed by atoms with Crippen LogP contribution < -0.4 is 4.90 Å². The topological polar surface area (TPSA) is 80.3 Å². The minimum Gasteiger partial charge on any atom is -0.467 e. The molecule has 0 unspecified atom stereocenters. The molecule has 1 aliphatic rings. The van der Waals surface area contributed by atoms with Crippen LogP contribution in [0.4, 0.5) is 5.69 Å². The van der Waals surface area contributed by atoms with Gasteiger partial charge in [0.1, 0.15) is 12.3 Å². The Balaban J connectivity index is 1.28. The second-order valence-electron chi connectivity index (χ2n) is 6.33. The zero-order valence-corrected chi connectivity index (χ0v) is 16.6. The summed E-state index contributed by atoms with van der Waals surface area (Å²) in [5, 5.41) is 13.0. The first-order valence-electron chi connectivity index (χ1n) is 8.89. The molecular formula is C18H19ClN6O2S. The molecule has 4 rings (SSSR count). The van der Waals surface area contributed by atoms with Gasteiger partial charge < -0.3 is 14.2 Å². The number of tetrazole rings is 1. The third-order valence-electron chi connectivity index (χ3n) is 4.52. The van der Waals surface area contributed by atoms with Gasteiger partial charge in [-0.3, -0.25) is 4.79 Å². The van der Waals surface area contributed by atoms with E-state index < -0.39 is 0 Å². The maximum Gasteiger partial charge on any atom is 0.233 e. The molecule has 1 aliphatic heterocycles. The second-order valence-corrected chi connectivity index (χ2v) is 7.71. The predicted molar refractivity (Wildman–Crippen MR) is 107 cm³/mol.